The highest BCUT2D eigenvalue weighted by molar-refractivity contribution is 5.28. The average molecular weight is 200 g/mol. The van der Waals surface area contributed by atoms with Gasteiger partial charge in [0.25, 0.3) is 0 Å². The minimum Gasteiger partial charge on any atom is -0.324 e. The van der Waals surface area contributed by atoms with Gasteiger partial charge in [0.1, 0.15) is 0 Å². The van der Waals surface area contributed by atoms with Gasteiger partial charge in [0.2, 0.25) is 0 Å². The normalized spacial score (nSPS) is 22.1. The fourth-order valence-corrected chi connectivity index (χ4v) is 2.03. The van der Waals surface area contributed by atoms with Crippen molar-refractivity contribution in [3.8, 4) is 0 Å². The molecule has 1 aliphatic rings. The van der Waals surface area contributed by atoms with Crippen LogP contribution in [-0.2, 0) is 6.42 Å². The van der Waals surface area contributed by atoms with Gasteiger partial charge in [0.05, 0.1) is 0 Å². The Morgan fingerprint density at radius 3 is 2.86 bits per heavy atom. The molecule has 78 valence electrons. The summed E-state index contributed by atoms with van der Waals surface area (Å²) < 4.78 is 25.8. The fraction of sp³-hybridized carbons (Fsp3) is 0.600. The van der Waals surface area contributed by atoms with E-state index in [1.165, 1.54) is 12.4 Å². The second-order valence-corrected chi connectivity index (χ2v) is 3.82. The largest absolute Gasteiger partial charge is 0.324 e. The standard InChI is InChI=1S/C10H14F2N2/c11-10(12)14-5-7-3-1-2-4-9(13)8(7)6-14/h5-6,9-10H,1-4,13H2. The Bertz CT molecular complexity index is 320. The van der Waals surface area contributed by atoms with Crippen LogP contribution in [0.5, 0.6) is 0 Å². The molecule has 2 nitrogen and oxygen atoms in total. The van der Waals surface area contributed by atoms with E-state index in [1.807, 2.05) is 0 Å². The maximum absolute atomic E-state index is 12.4. The van der Waals surface area contributed by atoms with Gasteiger partial charge in [-0.05, 0) is 30.4 Å². The molecule has 1 aromatic heterocycles. The molecule has 1 aromatic rings. The summed E-state index contributed by atoms with van der Waals surface area (Å²) in [6.45, 7) is -2.45. The SMILES string of the molecule is NC1CCCCc2cn(C(F)F)cc21. The summed E-state index contributed by atoms with van der Waals surface area (Å²) in [6, 6.07) is -0.0625. The first-order valence-corrected chi connectivity index (χ1v) is 4.92. The molecule has 2 rings (SSSR count). The number of hydrogen-bond acceptors (Lipinski definition) is 1. The van der Waals surface area contributed by atoms with Gasteiger partial charge in [-0.25, -0.2) is 0 Å². The lowest BCUT2D eigenvalue weighted by molar-refractivity contribution is 0.0704. The molecule has 1 unspecified atom stereocenters. The van der Waals surface area contributed by atoms with Crippen molar-refractivity contribution in [2.45, 2.75) is 38.3 Å². The molecule has 0 spiro atoms. The van der Waals surface area contributed by atoms with E-state index in [4.69, 9.17) is 5.73 Å². The van der Waals surface area contributed by atoms with E-state index in [0.717, 1.165) is 41.4 Å². The molecule has 0 bridgehead atoms. The molecule has 0 saturated carbocycles. The number of nitrogens with two attached hydrogens (primary N) is 1. The van der Waals surface area contributed by atoms with Crippen LogP contribution in [0.4, 0.5) is 8.78 Å². The van der Waals surface area contributed by atoms with Gasteiger partial charge in [-0.15, -0.1) is 0 Å². The number of aryl methyl sites for hydroxylation is 1. The Balaban J connectivity index is 2.34. The Morgan fingerprint density at radius 2 is 2.14 bits per heavy atom. The Hall–Kier alpha value is -0.900. The lowest BCUT2D eigenvalue weighted by Crippen LogP contribution is -2.09. The molecule has 0 aliphatic heterocycles. The molecule has 4 heteroatoms. The molecule has 14 heavy (non-hydrogen) atoms. The van der Waals surface area contributed by atoms with Crippen LogP contribution in [0.3, 0.4) is 0 Å². The van der Waals surface area contributed by atoms with Crippen molar-refractivity contribution >= 4 is 0 Å². The van der Waals surface area contributed by atoms with Gasteiger partial charge >= 0.3 is 6.55 Å². The van der Waals surface area contributed by atoms with Crippen molar-refractivity contribution in [2.75, 3.05) is 0 Å². The van der Waals surface area contributed by atoms with Crippen LogP contribution in [0.1, 0.15) is 43.0 Å². The monoisotopic (exact) mass is 200 g/mol. The zero-order valence-electron chi connectivity index (χ0n) is 7.92. The number of hydrogen-bond donors (Lipinski definition) is 1. The van der Waals surface area contributed by atoms with Gasteiger partial charge in [0.15, 0.2) is 0 Å². The molecule has 1 atom stereocenters. The van der Waals surface area contributed by atoms with Gasteiger partial charge < -0.3 is 5.73 Å². The van der Waals surface area contributed by atoms with Crippen molar-refractivity contribution in [3.63, 3.8) is 0 Å². The molecular formula is C10H14F2N2. The summed E-state index contributed by atoms with van der Waals surface area (Å²) in [5, 5.41) is 0. The number of aromatic nitrogens is 1. The lowest BCUT2D eigenvalue weighted by atomic mass is 10.1. The topological polar surface area (TPSA) is 30.9 Å². The molecule has 0 fully saturated rings. The summed E-state index contributed by atoms with van der Waals surface area (Å²) >= 11 is 0. The summed E-state index contributed by atoms with van der Waals surface area (Å²) in [5.41, 5.74) is 7.80. The highest BCUT2D eigenvalue weighted by atomic mass is 19.3. The molecule has 0 radical (unpaired) electrons. The highest BCUT2D eigenvalue weighted by Crippen LogP contribution is 2.29. The van der Waals surface area contributed by atoms with E-state index in [2.05, 4.69) is 0 Å². The molecule has 0 amide bonds. The zero-order chi connectivity index (χ0) is 10.1. The maximum atomic E-state index is 12.4. The molecule has 2 N–H and O–H groups in total. The number of nitrogens with zero attached hydrogens (tertiary/aromatic N) is 1. The van der Waals surface area contributed by atoms with Gasteiger partial charge in [0, 0.05) is 18.4 Å². The number of alkyl halides is 2. The van der Waals surface area contributed by atoms with E-state index in [0.29, 0.717) is 0 Å². The van der Waals surface area contributed by atoms with Crippen LogP contribution >= 0.6 is 0 Å². The van der Waals surface area contributed by atoms with Gasteiger partial charge in [-0.1, -0.05) is 6.42 Å². The van der Waals surface area contributed by atoms with Crippen molar-refractivity contribution in [1.29, 1.82) is 0 Å². The fourth-order valence-electron chi connectivity index (χ4n) is 2.03. The van der Waals surface area contributed by atoms with Crippen LogP contribution in [-0.4, -0.2) is 4.57 Å². The van der Waals surface area contributed by atoms with Crippen LogP contribution in [0.25, 0.3) is 0 Å². The first kappa shape index (κ1) is 9.65. The summed E-state index contributed by atoms with van der Waals surface area (Å²) in [4.78, 5) is 0. The minimum absolute atomic E-state index is 0.0625. The van der Waals surface area contributed by atoms with Crippen molar-refractivity contribution in [2.24, 2.45) is 5.73 Å². The van der Waals surface area contributed by atoms with Crippen molar-refractivity contribution < 1.29 is 8.78 Å². The smallest absolute Gasteiger partial charge is 0.318 e. The first-order valence-electron chi connectivity index (χ1n) is 4.92. The predicted octanol–water partition coefficient (Wildman–Crippen LogP) is 2.61. The molecule has 1 heterocycles. The zero-order valence-corrected chi connectivity index (χ0v) is 7.92. The summed E-state index contributed by atoms with van der Waals surface area (Å²) in [6.07, 6.45) is 6.95. The Morgan fingerprint density at radius 1 is 1.36 bits per heavy atom. The van der Waals surface area contributed by atoms with Crippen molar-refractivity contribution in [3.05, 3.63) is 23.5 Å². The van der Waals surface area contributed by atoms with E-state index in [1.54, 1.807) is 0 Å². The van der Waals surface area contributed by atoms with E-state index in [9.17, 15) is 8.78 Å². The molecule has 1 aliphatic carbocycles. The van der Waals surface area contributed by atoms with E-state index in [-0.39, 0.29) is 6.04 Å². The molecular weight excluding hydrogens is 186 g/mol. The summed E-state index contributed by atoms with van der Waals surface area (Å²) in [5.74, 6) is 0. The lowest BCUT2D eigenvalue weighted by Gasteiger charge is -2.07. The van der Waals surface area contributed by atoms with Crippen LogP contribution in [0.2, 0.25) is 0 Å². The third-order valence-corrected chi connectivity index (χ3v) is 2.80. The minimum atomic E-state index is -2.45. The third kappa shape index (κ3) is 1.66. The first-order chi connectivity index (χ1) is 6.68. The van der Waals surface area contributed by atoms with E-state index < -0.39 is 6.55 Å². The second kappa shape index (κ2) is 3.69. The average Bonchev–Trinajstić information content (AvgIpc) is 2.49. The highest BCUT2D eigenvalue weighted by Gasteiger charge is 2.19. The van der Waals surface area contributed by atoms with Gasteiger partial charge in [-0.3, -0.25) is 4.57 Å². The predicted molar refractivity (Wildman–Crippen MR) is 50.2 cm³/mol. The molecule has 0 saturated heterocycles. The van der Waals surface area contributed by atoms with Crippen LogP contribution in [0.15, 0.2) is 12.4 Å². The number of fused-ring (bicyclic) bond motifs is 1. The Kier molecular flexibility index (Phi) is 2.54. The number of halogens is 2. The second-order valence-electron chi connectivity index (χ2n) is 3.82. The van der Waals surface area contributed by atoms with Crippen LogP contribution < -0.4 is 5.73 Å². The quantitative estimate of drug-likeness (QED) is 0.694. The number of rotatable bonds is 1. The van der Waals surface area contributed by atoms with Gasteiger partial charge in [-0.2, -0.15) is 8.78 Å². The summed E-state index contributed by atoms with van der Waals surface area (Å²) in [7, 11) is 0. The van der Waals surface area contributed by atoms with Crippen molar-refractivity contribution in [1.82, 2.24) is 4.57 Å². The van der Waals surface area contributed by atoms with E-state index >= 15 is 0 Å². The Labute approximate surface area is 81.7 Å². The third-order valence-electron chi connectivity index (χ3n) is 2.80. The van der Waals surface area contributed by atoms with Crippen LogP contribution in [0, 0.1) is 0 Å². The molecule has 0 aromatic carbocycles. The maximum Gasteiger partial charge on any atom is 0.318 e.